The Bertz CT molecular complexity index is 28.9. The van der Waals surface area contributed by atoms with Crippen molar-refractivity contribution < 1.29 is 26.6 Å². The van der Waals surface area contributed by atoms with Gasteiger partial charge in [0.15, 0.2) is 6.29 Å². The fourth-order valence-electron chi connectivity index (χ4n) is 0.167. The SMILES string of the molecule is CCC(O)OC.[Co]. The number of methoxy groups -OCH3 is 1. The van der Waals surface area contributed by atoms with Gasteiger partial charge in [0, 0.05) is 23.9 Å². The van der Waals surface area contributed by atoms with Gasteiger partial charge in [-0.3, -0.25) is 0 Å². The summed E-state index contributed by atoms with van der Waals surface area (Å²) in [5.74, 6) is 0. The van der Waals surface area contributed by atoms with E-state index in [9.17, 15) is 0 Å². The van der Waals surface area contributed by atoms with E-state index in [1.165, 1.54) is 7.11 Å². The number of ether oxygens (including phenoxy) is 1. The van der Waals surface area contributed by atoms with Gasteiger partial charge in [0.25, 0.3) is 0 Å². The molecule has 0 heterocycles. The molecule has 1 N–H and O–H groups in total. The van der Waals surface area contributed by atoms with Crippen LogP contribution in [-0.4, -0.2) is 18.5 Å². The zero-order valence-electron chi connectivity index (χ0n) is 4.47. The van der Waals surface area contributed by atoms with Crippen molar-refractivity contribution >= 4 is 0 Å². The monoisotopic (exact) mass is 149 g/mol. The first-order valence-corrected chi connectivity index (χ1v) is 2.02. The average Bonchev–Trinajstić information content (AvgIpc) is 1.65. The maximum Gasteiger partial charge on any atom is 0.153 e. The van der Waals surface area contributed by atoms with Gasteiger partial charge >= 0.3 is 0 Å². The van der Waals surface area contributed by atoms with E-state index in [-0.39, 0.29) is 16.8 Å². The molecule has 7 heavy (non-hydrogen) atoms. The van der Waals surface area contributed by atoms with Crippen LogP contribution in [0.5, 0.6) is 0 Å². The summed E-state index contributed by atoms with van der Waals surface area (Å²) in [5, 5.41) is 8.44. The van der Waals surface area contributed by atoms with E-state index in [4.69, 9.17) is 5.11 Å². The van der Waals surface area contributed by atoms with Crippen molar-refractivity contribution in [1.82, 2.24) is 0 Å². The maximum atomic E-state index is 8.44. The van der Waals surface area contributed by atoms with Gasteiger partial charge in [-0.1, -0.05) is 6.92 Å². The molecule has 2 nitrogen and oxygen atoms in total. The molecular weight excluding hydrogens is 139 g/mol. The molecule has 0 saturated heterocycles. The van der Waals surface area contributed by atoms with E-state index in [0.29, 0.717) is 6.42 Å². The molecule has 0 saturated carbocycles. The number of rotatable bonds is 2. The number of hydrogen-bond donors (Lipinski definition) is 1. The van der Waals surface area contributed by atoms with Gasteiger partial charge in [0.2, 0.25) is 0 Å². The normalized spacial score (nSPS) is 12.4. The molecule has 0 rings (SSSR count). The molecule has 0 spiro atoms. The van der Waals surface area contributed by atoms with Crippen molar-refractivity contribution in [1.29, 1.82) is 0 Å². The van der Waals surface area contributed by atoms with Gasteiger partial charge in [-0.25, -0.2) is 0 Å². The maximum absolute atomic E-state index is 8.44. The van der Waals surface area contributed by atoms with Gasteiger partial charge in [-0.05, 0) is 6.42 Å². The Morgan fingerprint density at radius 1 is 1.71 bits per heavy atom. The Balaban J connectivity index is 0. The average molecular weight is 149 g/mol. The summed E-state index contributed by atoms with van der Waals surface area (Å²) in [5.41, 5.74) is 0. The largest absolute Gasteiger partial charge is 0.368 e. The Morgan fingerprint density at radius 2 is 2.14 bits per heavy atom. The van der Waals surface area contributed by atoms with E-state index in [2.05, 4.69) is 4.74 Å². The Labute approximate surface area is 54.1 Å². The van der Waals surface area contributed by atoms with E-state index in [0.717, 1.165) is 0 Å². The minimum absolute atomic E-state index is 0. The van der Waals surface area contributed by atoms with Crippen molar-refractivity contribution in [2.24, 2.45) is 0 Å². The first-order chi connectivity index (χ1) is 2.81. The van der Waals surface area contributed by atoms with Crippen LogP contribution in [0.2, 0.25) is 0 Å². The second-order valence-electron chi connectivity index (χ2n) is 1.10. The second-order valence-corrected chi connectivity index (χ2v) is 1.10. The molecule has 0 amide bonds. The van der Waals surface area contributed by atoms with Crippen molar-refractivity contribution in [2.45, 2.75) is 19.6 Å². The number of hydrogen-bond acceptors (Lipinski definition) is 2. The van der Waals surface area contributed by atoms with E-state index < -0.39 is 6.29 Å². The molecule has 0 fully saturated rings. The van der Waals surface area contributed by atoms with Crippen LogP contribution in [0.3, 0.4) is 0 Å². The van der Waals surface area contributed by atoms with Crippen LogP contribution >= 0.6 is 0 Å². The molecule has 0 aliphatic rings. The summed E-state index contributed by atoms with van der Waals surface area (Å²) in [6.45, 7) is 1.86. The third kappa shape index (κ3) is 6.43. The first-order valence-electron chi connectivity index (χ1n) is 2.02. The van der Waals surface area contributed by atoms with Crippen LogP contribution in [0.4, 0.5) is 0 Å². The minimum atomic E-state index is -0.565. The summed E-state index contributed by atoms with van der Waals surface area (Å²) >= 11 is 0. The predicted molar refractivity (Wildman–Crippen MR) is 23.3 cm³/mol. The quantitative estimate of drug-likeness (QED) is 0.574. The zero-order valence-corrected chi connectivity index (χ0v) is 5.51. The molecule has 1 unspecified atom stereocenters. The molecule has 1 radical (unpaired) electrons. The van der Waals surface area contributed by atoms with Gasteiger partial charge in [0.05, 0.1) is 0 Å². The van der Waals surface area contributed by atoms with Crippen LogP contribution in [0.25, 0.3) is 0 Å². The summed E-state index contributed by atoms with van der Waals surface area (Å²) in [6.07, 6.45) is 0.0984. The summed E-state index contributed by atoms with van der Waals surface area (Å²) in [4.78, 5) is 0. The topological polar surface area (TPSA) is 29.5 Å². The molecular formula is C4H10CoO2. The molecule has 0 aliphatic heterocycles. The van der Waals surface area contributed by atoms with Crippen LogP contribution < -0.4 is 0 Å². The Kier molecular flexibility index (Phi) is 9.56. The van der Waals surface area contributed by atoms with Crippen LogP contribution in [0.1, 0.15) is 13.3 Å². The Morgan fingerprint density at radius 3 is 2.14 bits per heavy atom. The molecule has 0 aliphatic carbocycles. The third-order valence-electron chi connectivity index (χ3n) is 0.621. The molecule has 0 bridgehead atoms. The smallest absolute Gasteiger partial charge is 0.153 e. The van der Waals surface area contributed by atoms with Crippen molar-refractivity contribution in [3.63, 3.8) is 0 Å². The first kappa shape index (κ1) is 10.4. The van der Waals surface area contributed by atoms with Gasteiger partial charge < -0.3 is 9.84 Å². The molecule has 3 heteroatoms. The number of aliphatic hydroxyl groups is 1. The van der Waals surface area contributed by atoms with E-state index in [1.807, 2.05) is 6.92 Å². The Hall–Kier alpha value is 0.426. The van der Waals surface area contributed by atoms with Crippen molar-refractivity contribution in [3.05, 3.63) is 0 Å². The molecule has 0 aromatic carbocycles. The summed E-state index contributed by atoms with van der Waals surface area (Å²) in [6, 6.07) is 0. The fourth-order valence-corrected chi connectivity index (χ4v) is 0.167. The standard InChI is InChI=1S/C4H10O2.Co/c1-3-4(5)6-2;/h4-5H,3H2,1-2H3;. The van der Waals surface area contributed by atoms with Crippen LogP contribution in [0, 0.1) is 0 Å². The van der Waals surface area contributed by atoms with Crippen molar-refractivity contribution in [2.75, 3.05) is 7.11 Å². The minimum Gasteiger partial charge on any atom is -0.368 e. The molecule has 0 aromatic rings. The zero-order chi connectivity index (χ0) is 4.99. The van der Waals surface area contributed by atoms with Gasteiger partial charge in [0.1, 0.15) is 0 Å². The summed E-state index contributed by atoms with van der Waals surface area (Å²) < 4.78 is 4.45. The molecule has 0 aromatic heterocycles. The predicted octanol–water partition coefficient (Wildman–Crippen LogP) is 0.359. The van der Waals surface area contributed by atoms with Crippen molar-refractivity contribution in [3.8, 4) is 0 Å². The van der Waals surface area contributed by atoms with E-state index in [1.54, 1.807) is 0 Å². The molecule has 47 valence electrons. The third-order valence-corrected chi connectivity index (χ3v) is 0.621. The fraction of sp³-hybridized carbons (Fsp3) is 1.00. The molecule has 1 atom stereocenters. The number of aliphatic hydroxyl groups excluding tert-OH is 1. The summed E-state index contributed by atoms with van der Waals surface area (Å²) in [7, 11) is 1.48. The van der Waals surface area contributed by atoms with Crippen LogP contribution in [0.15, 0.2) is 0 Å². The van der Waals surface area contributed by atoms with Gasteiger partial charge in [-0.15, -0.1) is 0 Å². The van der Waals surface area contributed by atoms with Gasteiger partial charge in [-0.2, -0.15) is 0 Å². The van der Waals surface area contributed by atoms with Crippen LogP contribution in [-0.2, 0) is 21.5 Å². The van der Waals surface area contributed by atoms with E-state index >= 15 is 0 Å². The second kappa shape index (κ2) is 6.43.